The molecule has 0 aliphatic rings. The van der Waals surface area contributed by atoms with Crippen molar-refractivity contribution in [3.63, 3.8) is 0 Å². The molecule has 108 valence electrons. The van der Waals surface area contributed by atoms with Crippen LogP contribution in [0.4, 0.5) is 5.69 Å². The average molecular weight is 304 g/mol. The van der Waals surface area contributed by atoms with Crippen molar-refractivity contribution in [3.8, 4) is 5.75 Å². The van der Waals surface area contributed by atoms with E-state index in [4.69, 9.17) is 16.3 Å². The molecule has 0 radical (unpaired) electrons. The Bertz CT molecular complexity index is 670. The third-order valence-electron chi connectivity index (χ3n) is 2.91. The van der Waals surface area contributed by atoms with Gasteiger partial charge in [0.2, 0.25) is 0 Å². The highest BCUT2D eigenvalue weighted by molar-refractivity contribution is 6.31. The molecule has 0 heterocycles. The van der Waals surface area contributed by atoms with E-state index in [2.05, 4.69) is 5.32 Å². The van der Waals surface area contributed by atoms with E-state index in [0.29, 0.717) is 22.0 Å². The molecule has 0 saturated heterocycles. The van der Waals surface area contributed by atoms with Gasteiger partial charge >= 0.3 is 0 Å². The first-order chi connectivity index (χ1) is 10.1. The summed E-state index contributed by atoms with van der Waals surface area (Å²) in [5, 5.41) is 3.32. The molecule has 0 aliphatic heterocycles. The molecular formula is C16H14ClNO3. The average Bonchev–Trinajstić information content (AvgIpc) is 2.50. The molecule has 0 fully saturated rings. The predicted molar refractivity (Wildman–Crippen MR) is 82.1 cm³/mol. The van der Waals surface area contributed by atoms with Gasteiger partial charge in [0.25, 0.3) is 5.91 Å². The molecule has 2 rings (SSSR count). The first kappa shape index (κ1) is 15.1. The molecule has 1 N–H and O–H groups in total. The molecule has 2 aromatic carbocycles. The topological polar surface area (TPSA) is 55.4 Å². The second-order valence-corrected chi connectivity index (χ2v) is 4.85. The summed E-state index contributed by atoms with van der Waals surface area (Å²) in [4.78, 5) is 22.5. The van der Waals surface area contributed by atoms with Crippen LogP contribution in [0.3, 0.4) is 0 Å². The highest BCUT2D eigenvalue weighted by Crippen LogP contribution is 2.22. The zero-order chi connectivity index (χ0) is 15.2. The van der Waals surface area contributed by atoms with E-state index in [1.807, 2.05) is 6.92 Å². The number of nitrogens with one attached hydrogen (secondary N) is 1. The second-order valence-electron chi connectivity index (χ2n) is 4.44. The van der Waals surface area contributed by atoms with Crippen LogP contribution >= 0.6 is 11.6 Å². The fourth-order valence-electron chi connectivity index (χ4n) is 1.76. The number of halogens is 1. The maximum atomic E-state index is 11.9. The first-order valence-corrected chi connectivity index (χ1v) is 6.71. The largest absolute Gasteiger partial charge is 0.484 e. The lowest BCUT2D eigenvalue weighted by Gasteiger charge is -2.10. The van der Waals surface area contributed by atoms with Gasteiger partial charge in [-0.1, -0.05) is 29.8 Å². The highest BCUT2D eigenvalue weighted by atomic mass is 35.5. The number of carbonyl (C=O) groups excluding carboxylic acids is 2. The van der Waals surface area contributed by atoms with Crippen LogP contribution in [-0.2, 0) is 4.79 Å². The van der Waals surface area contributed by atoms with Crippen molar-refractivity contribution in [1.82, 2.24) is 0 Å². The summed E-state index contributed by atoms with van der Waals surface area (Å²) < 4.78 is 5.35. The molecule has 1 amide bonds. The molecule has 4 nitrogen and oxygen atoms in total. The molecule has 0 unspecified atom stereocenters. The van der Waals surface area contributed by atoms with Crippen molar-refractivity contribution in [2.24, 2.45) is 0 Å². The van der Waals surface area contributed by atoms with Gasteiger partial charge in [-0.25, -0.2) is 0 Å². The van der Waals surface area contributed by atoms with Crippen molar-refractivity contribution >= 4 is 29.5 Å². The van der Waals surface area contributed by atoms with Crippen molar-refractivity contribution in [3.05, 3.63) is 58.6 Å². The monoisotopic (exact) mass is 303 g/mol. The van der Waals surface area contributed by atoms with E-state index < -0.39 is 0 Å². The van der Waals surface area contributed by atoms with Crippen LogP contribution in [0.2, 0.25) is 5.02 Å². The lowest BCUT2D eigenvalue weighted by atomic mass is 10.2. The third kappa shape index (κ3) is 4.07. The zero-order valence-corrected chi connectivity index (χ0v) is 12.2. The number of hydrogen-bond donors (Lipinski definition) is 1. The van der Waals surface area contributed by atoms with E-state index in [1.54, 1.807) is 42.5 Å². The Morgan fingerprint density at radius 1 is 1.29 bits per heavy atom. The Balaban J connectivity index is 1.96. The van der Waals surface area contributed by atoms with Crippen LogP contribution in [-0.4, -0.2) is 18.8 Å². The summed E-state index contributed by atoms with van der Waals surface area (Å²) in [5.41, 5.74) is 1.95. The van der Waals surface area contributed by atoms with Crippen molar-refractivity contribution in [1.29, 1.82) is 0 Å². The summed E-state index contributed by atoms with van der Waals surface area (Å²) in [6.07, 6.45) is 0.724. The second kappa shape index (κ2) is 6.90. The Morgan fingerprint density at radius 2 is 2.05 bits per heavy atom. The van der Waals surface area contributed by atoms with Gasteiger partial charge < -0.3 is 10.1 Å². The number of ether oxygens (including phenoxy) is 1. The minimum atomic E-state index is -0.295. The van der Waals surface area contributed by atoms with Crippen LogP contribution in [0.25, 0.3) is 0 Å². The molecular weight excluding hydrogens is 290 g/mol. The molecule has 0 aromatic heterocycles. The fourth-order valence-corrected chi connectivity index (χ4v) is 1.93. The standard InChI is InChI=1S/C16H14ClNO3/c1-11-14(17)6-3-7-15(11)18-16(20)10-21-13-5-2-4-12(8-13)9-19/h2-9H,10H2,1H3,(H,18,20). The van der Waals surface area contributed by atoms with Crippen molar-refractivity contribution < 1.29 is 14.3 Å². The fraction of sp³-hybridized carbons (Fsp3) is 0.125. The van der Waals surface area contributed by atoms with Gasteiger partial charge in [0.05, 0.1) is 0 Å². The molecule has 21 heavy (non-hydrogen) atoms. The van der Waals surface area contributed by atoms with E-state index in [-0.39, 0.29) is 12.5 Å². The quantitative estimate of drug-likeness (QED) is 0.860. The summed E-state index contributed by atoms with van der Waals surface area (Å²) >= 11 is 5.99. The van der Waals surface area contributed by atoms with Gasteiger partial charge in [-0.15, -0.1) is 0 Å². The number of rotatable bonds is 5. The normalized spacial score (nSPS) is 10.0. The maximum Gasteiger partial charge on any atom is 0.262 e. The van der Waals surface area contributed by atoms with Gasteiger partial charge in [-0.05, 0) is 36.8 Å². The number of aldehydes is 1. The van der Waals surface area contributed by atoms with Crippen LogP contribution in [0, 0.1) is 6.92 Å². The first-order valence-electron chi connectivity index (χ1n) is 6.33. The predicted octanol–water partition coefficient (Wildman–Crippen LogP) is 3.48. The molecule has 0 atom stereocenters. The highest BCUT2D eigenvalue weighted by Gasteiger charge is 2.07. The third-order valence-corrected chi connectivity index (χ3v) is 3.32. The van der Waals surface area contributed by atoms with Crippen LogP contribution in [0.1, 0.15) is 15.9 Å². The van der Waals surface area contributed by atoms with Gasteiger partial charge in [0.1, 0.15) is 12.0 Å². The van der Waals surface area contributed by atoms with E-state index >= 15 is 0 Å². The van der Waals surface area contributed by atoms with E-state index in [1.165, 1.54) is 0 Å². The Kier molecular flexibility index (Phi) is 4.95. The summed E-state index contributed by atoms with van der Waals surface area (Å²) in [6.45, 7) is 1.68. The number of amides is 1. The minimum Gasteiger partial charge on any atom is -0.484 e. The minimum absolute atomic E-state index is 0.145. The summed E-state index contributed by atoms with van der Waals surface area (Å²) in [5.74, 6) is 0.175. The van der Waals surface area contributed by atoms with Gasteiger partial charge in [0, 0.05) is 16.3 Å². The van der Waals surface area contributed by atoms with E-state index in [0.717, 1.165) is 11.8 Å². The van der Waals surface area contributed by atoms with Crippen molar-refractivity contribution in [2.45, 2.75) is 6.92 Å². The van der Waals surface area contributed by atoms with Crippen LogP contribution in [0.15, 0.2) is 42.5 Å². The summed E-state index contributed by atoms with van der Waals surface area (Å²) in [7, 11) is 0. The van der Waals surface area contributed by atoms with Crippen LogP contribution in [0.5, 0.6) is 5.75 Å². The lowest BCUT2D eigenvalue weighted by molar-refractivity contribution is -0.118. The van der Waals surface area contributed by atoms with Gasteiger partial charge in [-0.3, -0.25) is 9.59 Å². The van der Waals surface area contributed by atoms with Crippen molar-refractivity contribution in [2.75, 3.05) is 11.9 Å². The van der Waals surface area contributed by atoms with Crippen LogP contribution < -0.4 is 10.1 Å². The Labute approximate surface area is 127 Å². The molecule has 5 heteroatoms. The molecule has 0 aliphatic carbocycles. The van der Waals surface area contributed by atoms with E-state index in [9.17, 15) is 9.59 Å². The number of hydrogen-bond acceptors (Lipinski definition) is 3. The zero-order valence-electron chi connectivity index (χ0n) is 11.4. The molecule has 0 spiro atoms. The van der Waals surface area contributed by atoms with Gasteiger partial charge in [-0.2, -0.15) is 0 Å². The lowest BCUT2D eigenvalue weighted by Crippen LogP contribution is -2.20. The number of carbonyl (C=O) groups is 2. The smallest absolute Gasteiger partial charge is 0.262 e. The number of anilines is 1. The molecule has 2 aromatic rings. The SMILES string of the molecule is Cc1c(Cl)cccc1NC(=O)COc1cccc(C=O)c1. The molecule has 0 bridgehead atoms. The van der Waals surface area contributed by atoms with Gasteiger partial charge in [0.15, 0.2) is 6.61 Å². The Morgan fingerprint density at radius 3 is 2.81 bits per heavy atom. The maximum absolute atomic E-state index is 11.9. The summed E-state index contributed by atoms with van der Waals surface area (Å²) in [6, 6.07) is 11.9. The Hall–Kier alpha value is -2.33. The number of benzene rings is 2. The molecule has 0 saturated carbocycles.